The lowest BCUT2D eigenvalue weighted by Gasteiger charge is -2.39. The van der Waals surface area contributed by atoms with Crippen molar-refractivity contribution >= 4 is 34.7 Å². The smallest absolute Gasteiger partial charge is 0.280 e. The van der Waals surface area contributed by atoms with Gasteiger partial charge in [0, 0.05) is 21.9 Å². The Balaban J connectivity index is 1.81. The fourth-order valence-electron chi connectivity index (χ4n) is 4.80. The number of aliphatic hydroxyl groups excluding tert-OH is 1. The number of hydrogen-bond acceptors (Lipinski definition) is 3. The number of benzene rings is 1. The minimum Gasteiger partial charge on any atom is -0.394 e. The number of hydrogen-bond donors (Lipinski definition) is 1. The second kappa shape index (κ2) is 6.94. The van der Waals surface area contributed by atoms with E-state index in [0.29, 0.717) is 28.5 Å². The first-order chi connectivity index (χ1) is 14.3. The fourth-order valence-corrected chi connectivity index (χ4v) is 5.17. The molecule has 0 saturated heterocycles. The van der Waals surface area contributed by atoms with Crippen LogP contribution < -0.4 is 0 Å². The van der Waals surface area contributed by atoms with Gasteiger partial charge in [-0.25, -0.2) is 4.39 Å². The molecule has 3 unspecified atom stereocenters. The molecule has 3 heterocycles. The Labute approximate surface area is 183 Å². The summed E-state index contributed by atoms with van der Waals surface area (Å²) >= 11 is 12.5. The second-order valence-corrected chi connectivity index (χ2v) is 9.02. The van der Waals surface area contributed by atoms with Crippen LogP contribution >= 0.6 is 23.2 Å². The van der Waals surface area contributed by atoms with Crippen molar-refractivity contribution < 1.29 is 14.3 Å². The van der Waals surface area contributed by atoms with Gasteiger partial charge >= 0.3 is 0 Å². The van der Waals surface area contributed by atoms with Crippen molar-refractivity contribution in [3.05, 3.63) is 69.1 Å². The van der Waals surface area contributed by atoms with Gasteiger partial charge in [-0.3, -0.25) is 14.4 Å². The zero-order chi connectivity index (χ0) is 21.3. The molecular weight excluding hydrogens is 428 g/mol. The van der Waals surface area contributed by atoms with Gasteiger partial charge in [0.2, 0.25) is 0 Å². The van der Waals surface area contributed by atoms with Crippen molar-refractivity contribution in [3.8, 4) is 0 Å². The molecule has 8 heteroatoms. The third-order valence-corrected chi connectivity index (χ3v) is 6.53. The predicted octanol–water partition coefficient (Wildman–Crippen LogP) is 4.44. The summed E-state index contributed by atoms with van der Waals surface area (Å²) in [5.41, 5.74) is 5.01. The van der Waals surface area contributed by atoms with Crippen molar-refractivity contribution in [1.29, 1.82) is 0 Å². The van der Waals surface area contributed by atoms with Gasteiger partial charge in [-0.2, -0.15) is 5.10 Å². The number of rotatable bonds is 3. The molecule has 1 amide bonds. The number of aliphatic hydroxyl groups is 1. The van der Waals surface area contributed by atoms with Crippen LogP contribution in [0.5, 0.6) is 0 Å². The maximum Gasteiger partial charge on any atom is 0.280 e. The van der Waals surface area contributed by atoms with E-state index in [-0.39, 0.29) is 18.4 Å². The molecule has 1 N–H and O–H groups in total. The lowest BCUT2D eigenvalue weighted by Crippen LogP contribution is -2.36. The first kappa shape index (κ1) is 19.8. The number of fused-ring (bicyclic) bond motifs is 8. The first-order valence-corrected chi connectivity index (χ1v) is 10.7. The Morgan fingerprint density at radius 1 is 1.30 bits per heavy atom. The van der Waals surface area contributed by atoms with E-state index in [2.05, 4.69) is 5.10 Å². The summed E-state index contributed by atoms with van der Waals surface area (Å²) in [6.45, 7) is 4.32. The molecule has 1 aliphatic carbocycles. The average molecular weight is 448 g/mol. The molecule has 0 saturated carbocycles. The minimum atomic E-state index is -1.35. The highest BCUT2D eigenvalue weighted by Crippen LogP contribution is 2.53. The van der Waals surface area contributed by atoms with E-state index in [1.165, 1.54) is 6.08 Å². The summed E-state index contributed by atoms with van der Waals surface area (Å²) in [6.07, 6.45) is 1.73. The van der Waals surface area contributed by atoms with Gasteiger partial charge in [-0.05, 0) is 41.3 Å². The van der Waals surface area contributed by atoms with Gasteiger partial charge in [0.1, 0.15) is 6.17 Å². The fraction of sp³-hybridized carbons (Fsp3) is 0.364. The lowest BCUT2D eigenvalue weighted by atomic mass is 9.82. The van der Waals surface area contributed by atoms with E-state index in [9.17, 15) is 14.3 Å². The van der Waals surface area contributed by atoms with Crippen molar-refractivity contribution in [1.82, 2.24) is 14.7 Å². The Bertz CT molecular complexity index is 1140. The van der Waals surface area contributed by atoms with Crippen LogP contribution in [0.15, 0.2) is 36.0 Å². The molecule has 0 radical (unpaired) electrons. The van der Waals surface area contributed by atoms with Crippen LogP contribution in [0.3, 0.4) is 0 Å². The molecule has 3 atom stereocenters. The SMILES string of the molecule is CC(C)c1c2c(nn1CCO)C(=O)N1C3=CC(Cl)C(F)C=C3c3cc(Cl)ccc3C21. The molecule has 3 aliphatic rings. The number of carbonyl (C=O) groups excluding carboxylic acids is 1. The van der Waals surface area contributed by atoms with Crippen LogP contribution in [0.1, 0.15) is 58.7 Å². The highest BCUT2D eigenvalue weighted by molar-refractivity contribution is 6.31. The zero-order valence-corrected chi connectivity index (χ0v) is 18.0. The van der Waals surface area contributed by atoms with E-state index >= 15 is 0 Å². The summed E-state index contributed by atoms with van der Waals surface area (Å²) < 4.78 is 16.2. The Morgan fingerprint density at radius 3 is 2.77 bits per heavy atom. The van der Waals surface area contributed by atoms with E-state index in [1.54, 1.807) is 21.7 Å². The number of nitrogens with zero attached hydrogens (tertiary/aromatic N) is 3. The maximum absolute atomic E-state index is 14.5. The lowest BCUT2D eigenvalue weighted by molar-refractivity contribution is 0.0799. The van der Waals surface area contributed by atoms with E-state index in [0.717, 1.165) is 22.4 Å². The zero-order valence-electron chi connectivity index (χ0n) is 16.4. The van der Waals surface area contributed by atoms with E-state index in [4.69, 9.17) is 23.2 Å². The number of amides is 1. The van der Waals surface area contributed by atoms with Gasteiger partial charge in [-0.1, -0.05) is 31.5 Å². The molecule has 156 valence electrons. The molecular formula is C22H20Cl2FN3O2. The van der Waals surface area contributed by atoms with Gasteiger partial charge < -0.3 is 5.11 Å². The molecule has 0 fully saturated rings. The van der Waals surface area contributed by atoms with Crippen LogP contribution in [0.25, 0.3) is 5.57 Å². The van der Waals surface area contributed by atoms with Crippen LogP contribution in [-0.4, -0.2) is 43.8 Å². The molecule has 1 aromatic carbocycles. The third-order valence-electron chi connectivity index (χ3n) is 5.92. The van der Waals surface area contributed by atoms with Crippen molar-refractivity contribution in [3.63, 3.8) is 0 Å². The molecule has 2 aromatic rings. The Morgan fingerprint density at radius 2 is 2.07 bits per heavy atom. The molecule has 2 aliphatic heterocycles. The standard InChI is InChI=1S/C22H20Cl2FN3O2/c1-10(2)20-18-19(26-27(20)5-6-29)22(30)28-17-9-15(24)16(25)8-14(17)13-7-11(23)3-4-12(13)21(18)28/h3-4,7-10,15-16,21,29H,5-6H2,1-2H3. The first-order valence-electron chi connectivity index (χ1n) is 9.90. The number of alkyl halides is 2. The monoisotopic (exact) mass is 447 g/mol. The van der Waals surface area contributed by atoms with Crippen molar-refractivity contribution in [2.75, 3.05) is 6.61 Å². The van der Waals surface area contributed by atoms with Gasteiger partial charge in [-0.15, -0.1) is 11.6 Å². The highest BCUT2D eigenvalue weighted by atomic mass is 35.5. The second-order valence-electron chi connectivity index (χ2n) is 8.08. The highest BCUT2D eigenvalue weighted by Gasteiger charge is 2.50. The average Bonchev–Trinajstić information content (AvgIpc) is 3.19. The van der Waals surface area contributed by atoms with Gasteiger partial charge in [0.25, 0.3) is 5.91 Å². The van der Waals surface area contributed by atoms with Crippen LogP contribution in [-0.2, 0) is 6.54 Å². The van der Waals surface area contributed by atoms with Crippen LogP contribution in [0.2, 0.25) is 5.02 Å². The van der Waals surface area contributed by atoms with Crippen LogP contribution in [0.4, 0.5) is 4.39 Å². The summed E-state index contributed by atoms with van der Waals surface area (Å²) in [6, 6.07) is 5.09. The molecule has 30 heavy (non-hydrogen) atoms. The number of carbonyl (C=O) groups is 1. The molecule has 5 rings (SSSR count). The topological polar surface area (TPSA) is 58.4 Å². The third kappa shape index (κ3) is 2.63. The molecule has 1 aromatic heterocycles. The maximum atomic E-state index is 14.5. The summed E-state index contributed by atoms with van der Waals surface area (Å²) in [4.78, 5) is 15.2. The largest absolute Gasteiger partial charge is 0.394 e. The summed E-state index contributed by atoms with van der Waals surface area (Å²) in [5.74, 6) is -0.155. The summed E-state index contributed by atoms with van der Waals surface area (Å²) in [5, 5.41) is 13.7. The number of aromatic nitrogens is 2. The van der Waals surface area contributed by atoms with Crippen molar-refractivity contribution in [2.24, 2.45) is 0 Å². The number of allylic oxidation sites excluding steroid dienone is 3. The van der Waals surface area contributed by atoms with Gasteiger partial charge in [0.05, 0.1) is 30.3 Å². The quantitative estimate of drug-likeness (QED) is 0.707. The molecule has 5 nitrogen and oxygen atoms in total. The van der Waals surface area contributed by atoms with E-state index in [1.807, 2.05) is 26.0 Å². The minimum absolute atomic E-state index is 0.0705. The Hall–Kier alpha value is -2.15. The van der Waals surface area contributed by atoms with E-state index < -0.39 is 17.6 Å². The Kier molecular flexibility index (Phi) is 4.58. The molecule has 0 spiro atoms. The van der Waals surface area contributed by atoms with Crippen molar-refractivity contribution in [2.45, 2.75) is 43.9 Å². The normalized spacial score (nSPS) is 24.3. The predicted molar refractivity (Wildman–Crippen MR) is 113 cm³/mol. The van der Waals surface area contributed by atoms with Crippen LogP contribution in [0, 0.1) is 0 Å². The summed E-state index contributed by atoms with van der Waals surface area (Å²) in [7, 11) is 0. The van der Waals surface area contributed by atoms with Gasteiger partial charge in [0.15, 0.2) is 5.69 Å². The number of halogens is 3. The molecule has 0 bridgehead atoms.